The fraction of sp³-hybridized carbons (Fsp3) is 0.562. The van der Waals surface area contributed by atoms with Crippen LogP contribution in [0.15, 0.2) is 24.3 Å². The lowest BCUT2D eigenvalue weighted by molar-refractivity contribution is 0.213. The molecule has 23 heavy (non-hydrogen) atoms. The zero-order valence-corrected chi connectivity index (χ0v) is 13.6. The molecule has 0 saturated carbocycles. The largest absolute Gasteiger partial charge is 0.490 e. The summed E-state index contributed by atoms with van der Waals surface area (Å²) in [4.78, 5) is 14.0. The van der Waals surface area contributed by atoms with Crippen LogP contribution in [0.25, 0.3) is 0 Å². The van der Waals surface area contributed by atoms with Gasteiger partial charge in [-0.25, -0.2) is 4.79 Å². The Labute approximate surface area is 137 Å². The van der Waals surface area contributed by atoms with Crippen LogP contribution in [-0.2, 0) is 0 Å². The van der Waals surface area contributed by atoms with Gasteiger partial charge in [-0.15, -0.1) is 0 Å². The predicted octanol–water partition coefficient (Wildman–Crippen LogP) is 0.626. The Hall–Kier alpha value is -1.99. The van der Waals surface area contributed by atoms with E-state index in [1.807, 2.05) is 31.2 Å². The first-order valence-corrected chi connectivity index (χ1v) is 8.09. The van der Waals surface area contributed by atoms with Gasteiger partial charge in [-0.1, -0.05) is 12.1 Å². The highest BCUT2D eigenvalue weighted by molar-refractivity contribution is 5.73. The molecule has 1 aromatic carbocycles. The monoisotopic (exact) mass is 322 g/mol. The third-order valence-corrected chi connectivity index (χ3v) is 3.53. The number of nitrogens with zero attached hydrogens (tertiary/aromatic N) is 1. The number of ether oxygens (including phenoxy) is 2. The van der Waals surface area contributed by atoms with Gasteiger partial charge in [0.1, 0.15) is 0 Å². The summed E-state index contributed by atoms with van der Waals surface area (Å²) in [5.41, 5.74) is 0. The molecule has 0 unspecified atom stereocenters. The summed E-state index contributed by atoms with van der Waals surface area (Å²) in [7, 11) is 0. The summed E-state index contributed by atoms with van der Waals surface area (Å²) in [6.07, 6.45) is 0. The van der Waals surface area contributed by atoms with Crippen molar-refractivity contribution in [3.8, 4) is 11.5 Å². The highest BCUT2D eigenvalue weighted by Gasteiger charge is 2.09. The maximum absolute atomic E-state index is 11.7. The second kappa shape index (κ2) is 9.91. The summed E-state index contributed by atoms with van der Waals surface area (Å²) in [5, 5.41) is 8.81. The molecular formula is C16H26N4O3. The fourth-order valence-electron chi connectivity index (χ4n) is 2.35. The second-order valence-electron chi connectivity index (χ2n) is 5.19. The molecule has 0 spiro atoms. The van der Waals surface area contributed by atoms with E-state index in [1.54, 1.807) is 0 Å². The number of carbonyl (C=O) groups excluding carboxylic acids is 1. The van der Waals surface area contributed by atoms with E-state index in [0.717, 1.165) is 32.7 Å². The molecule has 2 amide bonds. The standard InChI is InChI=1S/C16H26N4O3/c1-2-22-14-5-3-4-6-15(14)23-13-19-16(21)18-9-12-20-10-7-17-8-11-20/h3-6,17H,2,7-13H2,1H3,(H2,18,19,21). The van der Waals surface area contributed by atoms with Gasteiger partial charge in [-0.05, 0) is 19.1 Å². The lowest BCUT2D eigenvalue weighted by Gasteiger charge is -2.27. The molecule has 0 bridgehead atoms. The van der Waals surface area contributed by atoms with Crippen LogP contribution in [0.1, 0.15) is 6.92 Å². The Morgan fingerprint density at radius 2 is 1.87 bits per heavy atom. The third kappa shape index (κ3) is 6.33. The SMILES string of the molecule is CCOc1ccccc1OCNC(=O)NCCN1CCNCC1. The van der Waals surface area contributed by atoms with E-state index in [4.69, 9.17) is 9.47 Å². The molecule has 3 N–H and O–H groups in total. The Balaban J connectivity index is 1.61. The van der Waals surface area contributed by atoms with Crippen LogP contribution in [0.2, 0.25) is 0 Å². The lowest BCUT2D eigenvalue weighted by atomic mass is 10.3. The molecule has 7 nitrogen and oxygen atoms in total. The number of hydrogen-bond donors (Lipinski definition) is 3. The van der Waals surface area contributed by atoms with Crippen LogP contribution in [0.3, 0.4) is 0 Å². The van der Waals surface area contributed by atoms with Crippen molar-refractivity contribution in [2.75, 3.05) is 52.6 Å². The first-order valence-electron chi connectivity index (χ1n) is 8.09. The minimum absolute atomic E-state index is 0.101. The molecule has 2 rings (SSSR count). The van der Waals surface area contributed by atoms with Gasteiger partial charge >= 0.3 is 6.03 Å². The Kier molecular flexibility index (Phi) is 7.48. The van der Waals surface area contributed by atoms with Crippen LogP contribution in [0.4, 0.5) is 4.79 Å². The summed E-state index contributed by atoms with van der Waals surface area (Å²) >= 11 is 0. The van der Waals surface area contributed by atoms with Crippen molar-refractivity contribution in [1.29, 1.82) is 0 Å². The van der Waals surface area contributed by atoms with Crippen LogP contribution in [0.5, 0.6) is 11.5 Å². The lowest BCUT2D eigenvalue weighted by Crippen LogP contribution is -2.47. The highest BCUT2D eigenvalue weighted by atomic mass is 16.5. The quantitative estimate of drug-likeness (QED) is 0.612. The van der Waals surface area contributed by atoms with Crippen molar-refractivity contribution < 1.29 is 14.3 Å². The first kappa shape index (κ1) is 17.4. The van der Waals surface area contributed by atoms with E-state index in [-0.39, 0.29) is 12.8 Å². The van der Waals surface area contributed by atoms with Crippen molar-refractivity contribution in [1.82, 2.24) is 20.9 Å². The maximum atomic E-state index is 11.7. The van der Waals surface area contributed by atoms with E-state index in [1.165, 1.54) is 0 Å². The zero-order valence-electron chi connectivity index (χ0n) is 13.6. The van der Waals surface area contributed by atoms with Gasteiger partial charge in [0.05, 0.1) is 6.61 Å². The Morgan fingerprint density at radius 1 is 1.17 bits per heavy atom. The minimum Gasteiger partial charge on any atom is -0.490 e. The third-order valence-electron chi connectivity index (χ3n) is 3.53. The van der Waals surface area contributed by atoms with Crippen LogP contribution in [0, 0.1) is 0 Å². The van der Waals surface area contributed by atoms with Gasteiger partial charge in [0.2, 0.25) is 0 Å². The molecule has 0 radical (unpaired) electrons. The summed E-state index contributed by atoms with van der Waals surface area (Å²) in [5.74, 6) is 1.30. The van der Waals surface area contributed by atoms with Crippen molar-refractivity contribution in [2.45, 2.75) is 6.92 Å². The molecular weight excluding hydrogens is 296 g/mol. The van der Waals surface area contributed by atoms with E-state index < -0.39 is 0 Å². The summed E-state index contributed by atoms with van der Waals surface area (Å²) in [6.45, 7) is 8.16. The predicted molar refractivity (Wildman–Crippen MR) is 89.0 cm³/mol. The smallest absolute Gasteiger partial charge is 0.317 e. The van der Waals surface area contributed by atoms with Gasteiger partial charge in [0, 0.05) is 39.3 Å². The average Bonchev–Trinajstić information content (AvgIpc) is 2.58. The number of benzene rings is 1. The van der Waals surface area contributed by atoms with Crippen LogP contribution in [-0.4, -0.2) is 63.5 Å². The van der Waals surface area contributed by atoms with Crippen molar-refractivity contribution in [3.63, 3.8) is 0 Å². The number of nitrogens with one attached hydrogen (secondary N) is 3. The number of piperazine rings is 1. The highest BCUT2D eigenvalue weighted by Crippen LogP contribution is 2.25. The molecule has 0 aromatic heterocycles. The van der Waals surface area contributed by atoms with Gasteiger partial charge in [-0.2, -0.15) is 0 Å². The Bertz CT molecular complexity index is 478. The molecule has 1 saturated heterocycles. The number of urea groups is 1. The molecule has 7 heteroatoms. The van der Waals surface area contributed by atoms with E-state index >= 15 is 0 Å². The van der Waals surface area contributed by atoms with E-state index in [2.05, 4.69) is 20.9 Å². The van der Waals surface area contributed by atoms with Crippen LogP contribution >= 0.6 is 0 Å². The molecule has 1 heterocycles. The van der Waals surface area contributed by atoms with Crippen molar-refractivity contribution in [2.24, 2.45) is 0 Å². The Morgan fingerprint density at radius 3 is 2.57 bits per heavy atom. The van der Waals surface area contributed by atoms with E-state index in [0.29, 0.717) is 24.7 Å². The molecule has 1 aromatic rings. The van der Waals surface area contributed by atoms with Gasteiger partial charge in [0.15, 0.2) is 18.2 Å². The van der Waals surface area contributed by atoms with Gasteiger partial charge in [-0.3, -0.25) is 4.90 Å². The van der Waals surface area contributed by atoms with Gasteiger partial charge in [0.25, 0.3) is 0 Å². The number of amides is 2. The molecule has 128 valence electrons. The van der Waals surface area contributed by atoms with E-state index in [9.17, 15) is 4.79 Å². The second-order valence-corrected chi connectivity index (χ2v) is 5.19. The average molecular weight is 322 g/mol. The molecule has 0 aliphatic carbocycles. The number of carbonyl (C=O) groups is 1. The first-order chi connectivity index (χ1) is 11.3. The fourth-order valence-corrected chi connectivity index (χ4v) is 2.35. The topological polar surface area (TPSA) is 74.9 Å². The molecule has 1 aliphatic heterocycles. The van der Waals surface area contributed by atoms with Gasteiger partial charge < -0.3 is 25.4 Å². The minimum atomic E-state index is -0.228. The summed E-state index contributed by atoms with van der Waals surface area (Å²) < 4.78 is 11.0. The maximum Gasteiger partial charge on any atom is 0.317 e. The normalized spacial score (nSPS) is 15.0. The summed E-state index contributed by atoms with van der Waals surface area (Å²) in [6, 6.07) is 7.18. The zero-order chi connectivity index (χ0) is 16.3. The van der Waals surface area contributed by atoms with Crippen LogP contribution < -0.4 is 25.4 Å². The number of rotatable bonds is 8. The number of para-hydroxylation sites is 2. The van der Waals surface area contributed by atoms with Crippen molar-refractivity contribution in [3.05, 3.63) is 24.3 Å². The number of hydrogen-bond acceptors (Lipinski definition) is 5. The molecule has 1 fully saturated rings. The molecule has 1 aliphatic rings. The van der Waals surface area contributed by atoms with Crippen molar-refractivity contribution >= 4 is 6.03 Å². The molecule has 0 atom stereocenters.